The standard InChI is InChI=1S/C20H34O3Si/c1-16(2)21-24(22-17(3)4,23-18(5)6)14-13-19(7)15-20-11-9-8-10-12-20/h8-12,16-18H,7,13-15H2,1-6H3. The van der Waals surface area contributed by atoms with Gasteiger partial charge in [0.05, 0.1) is 0 Å². The molecule has 1 aromatic rings. The number of hydrogen-bond donors (Lipinski definition) is 0. The highest BCUT2D eigenvalue weighted by atomic mass is 28.4. The summed E-state index contributed by atoms with van der Waals surface area (Å²) >= 11 is 0. The Morgan fingerprint density at radius 1 is 0.875 bits per heavy atom. The summed E-state index contributed by atoms with van der Waals surface area (Å²) in [6.45, 7) is 16.5. The average molecular weight is 351 g/mol. The summed E-state index contributed by atoms with van der Waals surface area (Å²) in [7, 11) is -2.73. The molecule has 0 amide bonds. The molecule has 0 radical (unpaired) electrons. The molecule has 3 nitrogen and oxygen atoms in total. The van der Waals surface area contributed by atoms with Crippen molar-refractivity contribution in [3.05, 3.63) is 48.0 Å². The van der Waals surface area contributed by atoms with Gasteiger partial charge >= 0.3 is 8.80 Å². The largest absolute Gasteiger partial charge is 0.501 e. The molecule has 0 bridgehead atoms. The maximum atomic E-state index is 6.21. The van der Waals surface area contributed by atoms with Crippen molar-refractivity contribution in [1.29, 1.82) is 0 Å². The molecule has 0 atom stereocenters. The molecule has 0 saturated heterocycles. The third-order valence-corrected chi connectivity index (χ3v) is 6.68. The lowest BCUT2D eigenvalue weighted by atomic mass is 10.1. The van der Waals surface area contributed by atoms with Crippen LogP contribution < -0.4 is 0 Å². The van der Waals surface area contributed by atoms with Gasteiger partial charge in [-0.15, -0.1) is 0 Å². The van der Waals surface area contributed by atoms with E-state index in [-0.39, 0.29) is 18.3 Å². The highest BCUT2D eigenvalue weighted by molar-refractivity contribution is 6.60. The lowest BCUT2D eigenvalue weighted by Crippen LogP contribution is -2.50. The first kappa shape index (κ1) is 21.1. The Balaban J connectivity index is 2.76. The fourth-order valence-corrected chi connectivity index (χ4v) is 5.97. The molecular weight excluding hydrogens is 316 g/mol. The summed E-state index contributed by atoms with van der Waals surface area (Å²) in [5, 5.41) is 0. The Bertz CT molecular complexity index is 456. The average Bonchev–Trinajstić information content (AvgIpc) is 2.44. The summed E-state index contributed by atoms with van der Waals surface area (Å²) in [4.78, 5) is 0. The highest BCUT2D eigenvalue weighted by Gasteiger charge is 2.43. The van der Waals surface area contributed by atoms with Gasteiger partial charge in [-0.3, -0.25) is 0 Å². The van der Waals surface area contributed by atoms with Crippen LogP contribution in [0, 0.1) is 0 Å². The van der Waals surface area contributed by atoms with Crippen LogP contribution >= 0.6 is 0 Å². The summed E-state index contributed by atoms with van der Waals surface area (Å²) in [6.07, 6.45) is 1.98. The van der Waals surface area contributed by atoms with E-state index in [0.717, 1.165) is 18.9 Å². The summed E-state index contributed by atoms with van der Waals surface area (Å²) in [5.74, 6) is 0. The van der Waals surface area contributed by atoms with Crippen LogP contribution in [0.5, 0.6) is 0 Å². The molecule has 0 fully saturated rings. The van der Waals surface area contributed by atoms with Gasteiger partial charge in [-0.1, -0.05) is 42.5 Å². The Morgan fingerprint density at radius 2 is 1.33 bits per heavy atom. The summed E-state index contributed by atoms with van der Waals surface area (Å²) < 4.78 is 18.6. The highest BCUT2D eigenvalue weighted by Crippen LogP contribution is 2.26. The van der Waals surface area contributed by atoms with Crippen molar-refractivity contribution in [1.82, 2.24) is 0 Å². The maximum absolute atomic E-state index is 6.21. The van der Waals surface area contributed by atoms with Gasteiger partial charge in [0, 0.05) is 24.4 Å². The van der Waals surface area contributed by atoms with Crippen LogP contribution in [0.2, 0.25) is 6.04 Å². The Hall–Kier alpha value is -0.943. The van der Waals surface area contributed by atoms with Gasteiger partial charge in [-0.05, 0) is 59.9 Å². The van der Waals surface area contributed by atoms with Crippen LogP contribution in [-0.2, 0) is 19.7 Å². The van der Waals surface area contributed by atoms with Gasteiger partial charge in [0.2, 0.25) is 0 Å². The van der Waals surface area contributed by atoms with E-state index < -0.39 is 8.80 Å². The van der Waals surface area contributed by atoms with Gasteiger partial charge in [0.1, 0.15) is 0 Å². The van der Waals surface area contributed by atoms with Crippen molar-refractivity contribution in [3.63, 3.8) is 0 Å². The third-order valence-electron chi connectivity index (χ3n) is 3.33. The van der Waals surface area contributed by atoms with Crippen molar-refractivity contribution < 1.29 is 13.3 Å². The zero-order valence-corrected chi connectivity index (χ0v) is 17.2. The molecule has 4 heteroatoms. The lowest BCUT2D eigenvalue weighted by molar-refractivity contribution is 0.00329. The second-order valence-corrected chi connectivity index (χ2v) is 9.67. The van der Waals surface area contributed by atoms with Crippen LogP contribution in [0.4, 0.5) is 0 Å². The maximum Gasteiger partial charge on any atom is 0.501 e. The second-order valence-electron chi connectivity index (χ2n) is 7.10. The third kappa shape index (κ3) is 8.24. The van der Waals surface area contributed by atoms with E-state index in [2.05, 4.69) is 30.8 Å². The monoisotopic (exact) mass is 350 g/mol. The first-order valence-corrected chi connectivity index (χ1v) is 10.9. The predicted molar refractivity (Wildman–Crippen MR) is 103 cm³/mol. The van der Waals surface area contributed by atoms with Crippen molar-refractivity contribution in [2.45, 2.75) is 78.7 Å². The number of benzene rings is 1. The Kier molecular flexibility index (Phi) is 8.91. The fraction of sp³-hybridized carbons (Fsp3) is 0.600. The van der Waals surface area contributed by atoms with Gasteiger partial charge in [-0.25, -0.2) is 0 Å². The molecule has 1 aromatic carbocycles. The molecule has 1 rings (SSSR count). The SMILES string of the molecule is C=C(CC[Si](OC(C)C)(OC(C)C)OC(C)C)Cc1ccccc1. The van der Waals surface area contributed by atoms with E-state index in [4.69, 9.17) is 13.3 Å². The topological polar surface area (TPSA) is 27.7 Å². The normalized spacial score (nSPS) is 12.4. The van der Waals surface area contributed by atoms with Crippen molar-refractivity contribution in [2.24, 2.45) is 0 Å². The number of hydrogen-bond acceptors (Lipinski definition) is 3. The van der Waals surface area contributed by atoms with Gasteiger partial charge in [-0.2, -0.15) is 0 Å². The Morgan fingerprint density at radius 3 is 1.75 bits per heavy atom. The molecule has 0 saturated carbocycles. The zero-order chi connectivity index (χ0) is 18.2. The lowest BCUT2D eigenvalue weighted by Gasteiger charge is -2.34. The zero-order valence-electron chi connectivity index (χ0n) is 16.2. The molecule has 24 heavy (non-hydrogen) atoms. The molecule has 0 heterocycles. The number of rotatable bonds is 11. The number of allylic oxidation sites excluding steroid dienone is 1. The minimum absolute atomic E-state index is 0.0801. The second kappa shape index (κ2) is 10.1. The van der Waals surface area contributed by atoms with Gasteiger partial charge in [0.25, 0.3) is 0 Å². The van der Waals surface area contributed by atoms with E-state index >= 15 is 0 Å². The smallest absolute Gasteiger partial charge is 0.371 e. The first-order valence-electron chi connectivity index (χ1n) is 8.96. The van der Waals surface area contributed by atoms with Crippen molar-refractivity contribution in [3.8, 4) is 0 Å². The van der Waals surface area contributed by atoms with Crippen molar-refractivity contribution >= 4 is 8.80 Å². The molecule has 0 aliphatic heterocycles. The quantitative estimate of drug-likeness (QED) is 0.395. The van der Waals surface area contributed by atoms with E-state index in [1.165, 1.54) is 11.1 Å². The van der Waals surface area contributed by atoms with E-state index in [1.807, 2.05) is 47.6 Å². The van der Waals surface area contributed by atoms with E-state index in [9.17, 15) is 0 Å². The fourth-order valence-electron chi connectivity index (χ4n) is 2.64. The minimum atomic E-state index is -2.73. The molecule has 0 aromatic heterocycles. The van der Waals surface area contributed by atoms with E-state index in [1.54, 1.807) is 0 Å². The molecule has 0 spiro atoms. The molecule has 0 aliphatic rings. The van der Waals surface area contributed by atoms with Crippen LogP contribution in [0.3, 0.4) is 0 Å². The van der Waals surface area contributed by atoms with Gasteiger partial charge < -0.3 is 13.3 Å². The molecule has 136 valence electrons. The molecule has 0 aliphatic carbocycles. The van der Waals surface area contributed by atoms with Crippen LogP contribution in [0.15, 0.2) is 42.5 Å². The Labute approximate surface area is 149 Å². The first-order chi connectivity index (χ1) is 11.2. The van der Waals surface area contributed by atoms with Crippen LogP contribution in [0.1, 0.15) is 53.5 Å². The van der Waals surface area contributed by atoms with E-state index in [0.29, 0.717) is 0 Å². The molecular formula is C20H34O3Si. The van der Waals surface area contributed by atoms with Crippen molar-refractivity contribution in [2.75, 3.05) is 0 Å². The predicted octanol–water partition coefficient (Wildman–Crippen LogP) is 5.39. The molecule has 0 N–H and O–H groups in total. The summed E-state index contributed by atoms with van der Waals surface area (Å²) in [6, 6.07) is 11.2. The van der Waals surface area contributed by atoms with Crippen LogP contribution in [0.25, 0.3) is 0 Å². The van der Waals surface area contributed by atoms with Gasteiger partial charge in [0.15, 0.2) is 0 Å². The van der Waals surface area contributed by atoms with Crippen LogP contribution in [-0.4, -0.2) is 27.1 Å². The molecule has 0 unspecified atom stereocenters. The summed E-state index contributed by atoms with van der Waals surface area (Å²) in [5.41, 5.74) is 2.47. The minimum Gasteiger partial charge on any atom is -0.371 e.